The van der Waals surface area contributed by atoms with Crippen molar-refractivity contribution >= 4 is 24.0 Å². The number of hydrogen-bond acceptors (Lipinski definition) is 3. The van der Waals surface area contributed by atoms with Crippen LogP contribution in [0.5, 0.6) is 5.75 Å². The Bertz CT molecular complexity index is 429. The van der Waals surface area contributed by atoms with Crippen LogP contribution in [0, 0.1) is 5.92 Å². The second kappa shape index (κ2) is 10.5. The van der Waals surface area contributed by atoms with Crippen LogP contribution in [0.15, 0.2) is 24.3 Å². The Morgan fingerprint density at radius 3 is 2.27 bits per heavy atom. The summed E-state index contributed by atoms with van der Waals surface area (Å²) < 4.78 is 5.42. The van der Waals surface area contributed by atoms with E-state index >= 15 is 0 Å². The summed E-state index contributed by atoms with van der Waals surface area (Å²) in [5.74, 6) is 1.11. The maximum absolute atomic E-state index is 12.3. The molecule has 0 bridgehead atoms. The fraction of sp³-hybridized carbons (Fsp3) is 0.588. The molecule has 124 valence electrons. The molecule has 1 amide bonds. The van der Waals surface area contributed by atoms with E-state index in [0.717, 1.165) is 24.3 Å². The predicted molar refractivity (Wildman–Crippen MR) is 92.7 cm³/mol. The van der Waals surface area contributed by atoms with Crippen molar-refractivity contribution in [2.75, 3.05) is 18.5 Å². The Kier molecular flexibility index (Phi) is 8.94. The summed E-state index contributed by atoms with van der Waals surface area (Å²) in [4.78, 5) is 12.3. The van der Waals surface area contributed by atoms with Gasteiger partial charge in [-0.3, -0.25) is 4.79 Å². The lowest BCUT2D eigenvalue weighted by Gasteiger charge is -2.19. The van der Waals surface area contributed by atoms with Gasteiger partial charge in [-0.15, -0.1) is 12.4 Å². The number of benzene rings is 1. The summed E-state index contributed by atoms with van der Waals surface area (Å²) in [6, 6.07) is 7.49. The van der Waals surface area contributed by atoms with Crippen molar-refractivity contribution in [3.05, 3.63) is 24.3 Å². The summed E-state index contributed by atoms with van der Waals surface area (Å²) in [5.41, 5.74) is 6.23. The zero-order valence-corrected chi connectivity index (χ0v) is 13.9. The van der Waals surface area contributed by atoms with Crippen LogP contribution in [-0.2, 0) is 4.79 Å². The van der Waals surface area contributed by atoms with Crippen molar-refractivity contribution in [2.24, 2.45) is 11.7 Å². The molecular weight excluding hydrogens is 300 g/mol. The van der Waals surface area contributed by atoms with Crippen molar-refractivity contribution in [3.8, 4) is 5.75 Å². The first-order chi connectivity index (χ1) is 10.3. The topological polar surface area (TPSA) is 64.3 Å². The van der Waals surface area contributed by atoms with E-state index in [2.05, 4.69) is 5.32 Å². The van der Waals surface area contributed by atoms with E-state index in [4.69, 9.17) is 10.5 Å². The number of amides is 1. The highest BCUT2D eigenvalue weighted by atomic mass is 35.5. The number of rotatable bonds is 5. The molecule has 0 heterocycles. The summed E-state index contributed by atoms with van der Waals surface area (Å²) in [6.45, 7) is 1.01. The van der Waals surface area contributed by atoms with Gasteiger partial charge < -0.3 is 15.8 Å². The number of ether oxygens (including phenoxy) is 1. The van der Waals surface area contributed by atoms with E-state index in [-0.39, 0.29) is 24.2 Å². The molecule has 5 heteroatoms. The lowest BCUT2D eigenvalue weighted by molar-refractivity contribution is -0.120. The van der Waals surface area contributed by atoms with Gasteiger partial charge in [0, 0.05) is 18.2 Å². The summed E-state index contributed by atoms with van der Waals surface area (Å²) in [7, 11) is 0. The van der Waals surface area contributed by atoms with Crippen LogP contribution in [0.25, 0.3) is 0 Å². The van der Waals surface area contributed by atoms with E-state index < -0.39 is 0 Å². The second-order valence-corrected chi connectivity index (χ2v) is 5.69. The number of carbonyl (C=O) groups is 1. The minimum absolute atomic E-state index is 0. The summed E-state index contributed by atoms with van der Waals surface area (Å²) in [5, 5.41) is 3.02. The Morgan fingerprint density at radius 1 is 1.09 bits per heavy atom. The molecule has 1 aliphatic carbocycles. The van der Waals surface area contributed by atoms with Crippen LogP contribution >= 0.6 is 12.4 Å². The maximum Gasteiger partial charge on any atom is 0.227 e. The van der Waals surface area contributed by atoms with Gasteiger partial charge in [0.2, 0.25) is 5.91 Å². The van der Waals surface area contributed by atoms with Crippen LogP contribution in [0.1, 0.15) is 44.9 Å². The molecule has 2 rings (SSSR count). The van der Waals surface area contributed by atoms with E-state index in [1.807, 2.05) is 24.3 Å². The van der Waals surface area contributed by atoms with Gasteiger partial charge in [0.1, 0.15) is 12.4 Å². The molecule has 1 fully saturated rings. The molecule has 0 unspecified atom stereocenters. The molecule has 22 heavy (non-hydrogen) atoms. The third-order valence-electron chi connectivity index (χ3n) is 3.98. The number of nitrogens with one attached hydrogen (secondary N) is 1. The van der Waals surface area contributed by atoms with Crippen molar-refractivity contribution in [3.63, 3.8) is 0 Å². The molecule has 3 N–H and O–H groups in total. The third kappa shape index (κ3) is 6.24. The summed E-state index contributed by atoms with van der Waals surface area (Å²) in [6.07, 6.45) is 8.22. The molecule has 4 nitrogen and oxygen atoms in total. The van der Waals surface area contributed by atoms with Gasteiger partial charge in [0.25, 0.3) is 0 Å². The largest absolute Gasteiger partial charge is 0.492 e. The minimum atomic E-state index is 0. The lowest BCUT2D eigenvalue weighted by Crippen LogP contribution is -2.23. The van der Waals surface area contributed by atoms with E-state index in [1.54, 1.807) is 0 Å². The van der Waals surface area contributed by atoms with E-state index in [9.17, 15) is 4.79 Å². The normalized spacial score (nSPS) is 16.0. The van der Waals surface area contributed by atoms with Crippen LogP contribution in [-0.4, -0.2) is 19.1 Å². The highest BCUT2D eigenvalue weighted by molar-refractivity contribution is 5.92. The minimum Gasteiger partial charge on any atom is -0.492 e. The molecular formula is C17H27ClN2O2. The molecule has 0 spiro atoms. The Morgan fingerprint density at radius 2 is 1.68 bits per heavy atom. The van der Waals surface area contributed by atoms with Gasteiger partial charge in [-0.1, -0.05) is 32.1 Å². The number of carbonyl (C=O) groups excluding carboxylic acids is 1. The first-order valence-electron chi connectivity index (χ1n) is 8.03. The number of halogens is 1. The second-order valence-electron chi connectivity index (χ2n) is 5.69. The van der Waals surface area contributed by atoms with Crippen LogP contribution < -0.4 is 15.8 Å². The van der Waals surface area contributed by atoms with Gasteiger partial charge >= 0.3 is 0 Å². The van der Waals surface area contributed by atoms with Crippen molar-refractivity contribution in [1.29, 1.82) is 0 Å². The van der Waals surface area contributed by atoms with Crippen molar-refractivity contribution < 1.29 is 9.53 Å². The van der Waals surface area contributed by atoms with Gasteiger partial charge in [0.05, 0.1) is 0 Å². The average molecular weight is 327 g/mol. The monoisotopic (exact) mass is 326 g/mol. The number of hydrogen-bond donors (Lipinski definition) is 2. The highest BCUT2D eigenvalue weighted by Crippen LogP contribution is 2.24. The molecule has 0 atom stereocenters. The van der Waals surface area contributed by atoms with Gasteiger partial charge in [-0.25, -0.2) is 0 Å². The fourth-order valence-electron chi connectivity index (χ4n) is 2.77. The zero-order valence-electron chi connectivity index (χ0n) is 13.1. The molecule has 0 saturated heterocycles. The molecule has 0 aromatic heterocycles. The molecule has 1 saturated carbocycles. The maximum atomic E-state index is 12.3. The van der Waals surface area contributed by atoms with Crippen molar-refractivity contribution in [2.45, 2.75) is 44.9 Å². The van der Waals surface area contributed by atoms with E-state index in [1.165, 1.54) is 32.1 Å². The zero-order chi connectivity index (χ0) is 14.9. The van der Waals surface area contributed by atoms with Crippen LogP contribution in [0.2, 0.25) is 0 Å². The smallest absolute Gasteiger partial charge is 0.227 e. The first-order valence-corrected chi connectivity index (χ1v) is 8.03. The molecule has 1 aromatic rings. The van der Waals surface area contributed by atoms with Crippen LogP contribution in [0.3, 0.4) is 0 Å². The predicted octanol–water partition coefficient (Wildman–Crippen LogP) is 3.74. The van der Waals surface area contributed by atoms with Gasteiger partial charge in [-0.2, -0.15) is 0 Å². The van der Waals surface area contributed by atoms with Gasteiger partial charge in [-0.05, 0) is 37.1 Å². The highest BCUT2D eigenvalue weighted by Gasteiger charge is 2.19. The Labute approximate surface area is 139 Å². The Hall–Kier alpha value is -1.26. The quantitative estimate of drug-likeness (QED) is 0.866. The van der Waals surface area contributed by atoms with Crippen molar-refractivity contribution in [1.82, 2.24) is 0 Å². The van der Waals surface area contributed by atoms with Crippen LogP contribution in [0.4, 0.5) is 5.69 Å². The number of nitrogens with two attached hydrogens (primary N) is 1. The molecule has 1 aromatic carbocycles. The third-order valence-corrected chi connectivity index (χ3v) is 3.98. The van der Waals surface area contributed by atoms with E-state index in [0.29, 0.717) is 13.2 Å². The molecule has 0 radical (unpaired) electrons. The Balaban J connectivity index is 0.00000242. The molecule has 0 aliphatic heterocycles. The average Bonchev–Trinajstić information content (AvgIpc) is 2.46. The standard InChI is InChI=1S/C17H26N2O2.ClH/c18-12-13-21-16-10-8-15(9-11-16)19-17(20)14-6-4-2-1-3-5-7-14;/h8-11,14H,1-7,12-13,18H2,(H,19,20);1H. The molecule has 1 aliphatic rings. The summed E-state index contributed by atoms with van der Waals surface area (Å²) >= 11 is 0. The number of anilines is 1. The van der Waals surface area contributed by atoms with Gasteiger partial charge in [0.15, 0.2) is 0 Å². The lowest BCUT2D eigenvalue weighted by atomic mass is 9.90. The fourth-order valence-corrected chi connectivity index (χ4v) is 2.77. The first kappa shape index (κ1) is 18.8. The SMILES string of the molecule is Cl.NCCOc1ccc(NC(=O)C2CCCCCCC2)cc1.